The second-order valence-corrected chi connectivity index (χ2v) is 15.7. The van der Waals surface area contributed by atoms with E-state index in [4.69, 9.17) is 24.3 Å². The van der Waals surface area contributed by atoms with E-state index >= 15 is 0 Å². The molecule has 0 aromatic heterocycles. The average molecular weight is 732 g/mol. The van der Waals surface area contributed by atoms with Crippen LogP contribution in [0.3, 0.4) is 0 Å². The van der Waals surface area contributed by atoms with Gasteiger partial charge in [-0.15, -0.1) is 0 Å². The van der Waals surface area contributed by atoms with Gasteiger partial charge in [0.15, 0.2) is 6.10 Å². The van der Waals surface area contributed by atoms with E-state index in [1.807, 2.05) is 6.08 Å². The number of phosphoric ester groups is 1. The molecule has 0 aliphatic heterocycles. The van der Waals surface area contributed by atoms with Crippen molar-refractivity contribution < 1.29 is 32.8 Å². The third kappa shape index (κ3) is 38.3. The van der Waals surface area contributed by atoms with Gasteiger partial charge >= 0.3 is 13.8 Å². The van der Waals surface area contributed by atoms with Gasteiger partial charge in [0, 0.05) is 13.0 Å². The number of hydrogen-bond acceptors (Lipinski definition) is 7. The molecule has 298 valence electrons. The summed E-state index contributed by atoms with van der Waals surface area (Å²) in [4.78, 5) is 22.4. The largest absolute Gasteiger partial charge is 0.498 e. The Morgan fingerprint density at radius 3 is 1.42 bits per heavy atom. The predicted octanol–water partition coefficient (Wildman–Crippen LogP) is 12.7. The molecule has 0 aliphatic rings. The minimum atomic E-state index is -4.28. The average Bonchev–Trinajstić information content (AvgIpc) is 3.10. The first kappa shape index (κ1) is 49.1. The minimum Gasteiger partial charge on any atom is -0.498 e. The number of nitrogens with two attached hydrogens (primary N) is 1. The smallest absolute Gasteiger partial charge is 0.472 e. The highest BCUT2D eigenvalue weighted by molar-refractivity contribution is 7.47. The fourth-order valence-corrected chi connectivity index (χ4v) is 6.91. The Hall–Kier alpha value is -0.920. The van der Waals surface area contributed by atoms with Crippen LogP contribution in [0.5, 0.6) is 0 Å². The quantitative estimate of drug-likeness (QED) is 0.0276. The maximum absolute atomic E-state index is 12.5. The van der Waals surface area contributed by atoms with Crippen LogP contribution in [-0.4, -0.2) is 43.3 Å². The van der Waals surface area contributed by atoms with Crippen LogP contribution in [-0.2, 0) is 27.9 Å². The second kappa shape index (κ2) is 39.3. The number of carbonyl (C=O) groups excluding carboxylic acids is 1. The Balaban J connectivity index is 4.04. The number of phosphoric acid groups is 1. The first-order valence-electron chi connectivity index (χ1n) is 21.2. The van der Waals surface area contributed by atoms with Crippen LogP contribution in [0.2, 0.25) is 0 Å². The maximum Gasteiger partial charge on any atom is 0.472 e. The van der Waals surface area contributed by atoms with Crippen molar-refractivity contribution in [1.29, 1.82) is 0 Å². The van der Waals surface area contributed by atoms with Gasteiger partial charge in [-0.3, -0.25) is 13.8 Å². The third-order valence-electron chi connectivity index (χ3n) is 9.28. The van der Waals surface area contributed by atoms with E-state index in [1.54, 1.807) is 6.26 Å². The normalized spacial score (nSPS) is 13.5. The van der Waals surface area contributed by atoms with E-state index in [1.165, 1.54) is 161 Å². The zero-order valence-corrected chi connectivity index (χ0v) is 33.8. The first-order valence-corrected chi connectivity index (χ1v) is 22.7. The number of hydrogen-bond donors (Lipinski definition) is 2. The molecule has 50 heavy (non-hydrogen) atoms. The van der Waals surface area contributed by atoms with Crippen LogP contribution in [0.15, 0.2) is 12.3 Å². The summed E-state index contributed by atoms with van der Waals surface area (Å²) in [5.41, 5.74) is 5.36. The molecule has 8 nitrogen and oxygen atoms in total. The number of allylic oxidation sites excluding steroid dienone is 1. The summed E-state index contributed by atoms with van der Waals surface area (Å²) in [5, 5.41) is 0. The molecule has 0 rings (SSSR count). The zero-order chi connectivity index (χ0) is 36.6. The Kier molecular flexibility index (Phi) is 38.6. The molecule has 0 radical (unpaired) electrons. The molecule has 0 aromatic carbocycles. The molecule has 0 fully saturated rings. The van der Waals surface area contributed by atoms with Gasteiger partial charge in [-0.2, -0.15) is 0 Å². The van der Waals surface area contributed by atoms with Gasteiger partial charge in [0.05, 0.1) is 19.5 Å². The van der Waals surface area contributed by atoms with E-state index in [2.05, 4.69) is 13.8 Å². The summed E-state index contributed by atoms with van der Waals surface area (Å²) in [6.45, 7) is 4.27. The van der Waals surface area contributed by atoms with Crippen LogP contribution in [0, 0.1) is 0 Å². The van der Waals surface area contributed by atoms with Crippen molar-refractivity contribution in [3.05, 3.63) is 12.3 Å². The molecule has 0 saturated carbocycles. The third-order valence-corrected chi connectivity index (χ3v) is 10.3. The zero-order valence-electron chi connectivity index (χ0n) is 32.9. The fraction of sp³-hybridized carbons (Fsp3) is 0.927. The molecular formula is C41H82NO7P. The van der Waals surface area contributed by atoms with Crippen LogP contribution in [0.25, 0.3) is 0 Å². The molecule has 2 atom stereocenters. The molecule has 0 aliphatic carbocycles. The molecule has 0 heterocycles. The molecule has 0 bridgehead atoms. The standard InChI is InChI=1S/C41H82NO7P/c1-3-5-7-9-11-13-15-17-18-19-20-21-23-25-27-29-31-33-36-46-38-40(39-48-50(44,45)47-37-35-42)49-41(43)34-32-30-28-26-24-22-16-14-12-10-8-6-4-2/h33,36,40H,3-32,34-35,37-39,42H2,1-2H3,(H,44,45)/b36-33-/t40-/m1/s1. The monoisotopic (exact) mass is 732 g/mol. The van der Waals surface area contributed by atoms with Crippen LogP contribution >= 0.6 is 7.82 Å². The highest BCUT2D eigenvalue weighted by Gasteiger charge is 2.25. The lowest BCUT2D eigenvalue weighted by molar-refractivity contribution is -0.153. The molecule has 9 heteroatoms. The molecule has 0 spiro atoms. The number of rotatable bonds is 41. The van der Waals surface area contributed by atoms with Crippen molar-refractivity contribution >= 4 is 13.8 Å². The number of carbonyl (C=O) groups is 1. The van der Waals surface area contributed by atoms with E-state index in [0.29, 0.717) is 6.42 Å². The van der Waals surface area contributed by atoms with Gasteiger partial charge < -0.3 is 20.1 Å². The summed E-state index contributed by atoms with van der Waals surface area (Å²) in [7, 11) is -4.28. The Morgan fingerprint density at radius 1 is 0.600 bits per heavy atom. The molecule has 1 unspecified atom stereocenters. The maximum atomic E-state index is 12.5. The molecule has 0 amide bonds. The molecule has 3 N–H and O–H groups in total. The van der Waals surface area contributed by atoms with E-state index in [9.17, 15) is 14.3 Å². The number of ether oxygens (including phenoxy) is 2. The van der Waals surface area contributed by atoms with Crippen LogP contribution in [0.4, 0.5) is 0 Å². The van der Waals surface area contributed by atoms with Gasteiger partial charge in [0.1, 0.15) is 6.61 Å². The fourth-order valence-electron chi connectivity index (χ4n) is 6.14. The lowest BCUT2D eigenvalue weighted by Gasteiger charge is -2.19. The highest BCUT2D eigenvalue weighted by atomic mass is 31.2. The van der Waals surface area contributed by atoms with Crippen molar-refractivity contribution in [3.8, 4) is 0 Å². The Labute approximate surface area is 309 Å². The molecule has 0 saturated heterocycles. The van der Waals surface area contributed by atoms with Crippen molar-refractivity contribution in [3.63, 3.8) is 0 Å². The van der Waals surface area contributed by atoms with Gasteiger partial charge in [-0.1, -0.05) is 187 Å². The van der Waals surface area contributed by atoms with Gasteiger partial charge in [-0.25, -0.2) is 4.57 Å². The summed E-state index contributed by atoms with van der Waals surface area (Å²) in [6, 6.07) is 0. The van der Waals surface area contributed by atoms with Crippen LogP contribution < -0.4 is 5.73 Å². The topological polar surface area (TPSA) is 117 Å². The summed E-state index contributed by atoms with van der Waals surface area (Å²) in [6.07, 6.45) is 41.8. The highest BCUT2D eigenvalue weighted by Crippen LogP contribution is 2.43. The Morgan fingerprint density at radius 2 is 1.00 bits per heavy atom. The van der Waals surface area contributed by atoms with Gasteiger partial charge in [-0.05, 0) is 25.3 Å². The van der Waals surface area contributed by atoms with E-state index in [-0.39, 0.29) is 32.3 Å². The first-order chi connectivity index (χ1) is 24.4. The lowest BCUT2D eigenvalue weighted by atomic mass is 10.0. The molecule has 0 aromatic rings. The minimum absolute atomic E-state index is 0.0384. The van der Waals surface area contributed by atoms with E-state index < -0.39 is 13.9 Å². The van der Waals surface area contributed by atoms with Crippen molar-refractivity contribution in [2.75, 3.05) is 26.4 Å². The lowest BCUT2D eigenvalue weighted by Crippen LogP contribution is -2.27. The van der Waals surface area contributed by atoms with Crippen LogP contribution in [0.1, 0.15) is 213 Å². The van der Waals surface area contributed by atoms with Crippen molar-refractivity contribution in [2.24, 2.45) is 5.73 Å². The predicted molar refractivity (Wildman–Crippen MR) is 210 cm³/mol. The second-order valence-electron chi connectivity index (χ2n) is 14.3. The van der Waals surface area contributed by atoms with Gasteiger partial charge in [0.25, 0.3) is 0 Å². The van der Waals surface area contributed by atoms with Crippen molar-refractivity contribution in [1.82, 2.24) is 0 Å². The SMILES string of the molecule is CCCCCCCCCCCCCCCCCC/C=C\OC[C@H](COP(=O)(O)OCCN)OC(=O)CCCCCCCCCCCCCCC. The molecular weight excluding hydrogens is 649 g/mol. The summed E-state index contributed by atoms with van der Waals surface area (Å²) >= 11 is 0. The van der Waals surface area contributed by atoms with E-state index in [0.717, 1.165) is 32.1 Å². The number of esters is 1. The summed E-state index contributed by atoms with van der Waals surface area (Å²) < 4.78 is 33.1. The number of unbranched alkanes of at least 4 members (excludes halogenated alkanes) is 28. The summed E-state index contributed by atoms with van der Waals surface area (Å²) in [5.74, 6) is -0.349. The van der Waals surface area contributed by atoms with Crippen molar-refractivity contribution in [2.45, 2.75) is 219 Å². The Bertz CT molecular complexity index is 782. The van der Waals surface area contributed by atoms with Gasteiger partial charge in [0.2, 0.25) is 0 Å².